The Morgan fingerprint density at radius 2 is 2.25 bits per heavy atom. The number of amides is 1. The standard InChI is InChI=1S/C15H21ClN2OS/c1-3-13-15(19)18(8-5-9-20-2)14(17-13)11-6-4-7-12(16)10-11/h4,6-7,10,13-14,17H,3,5,8-9H2,1-2H3. The van der Waals surface area contributed by atoms with Crippen molar-refractivity contribution in [3.63, 3.8) is 0 Å². The van der Waals surface area contributed by atoms with E-state index in [-0.39, 0.29) is 18.1 Å². The Morgan fingerprint density at radius 3 is 2.90 bits per heavy atom. The van der Waals surface area contributed by atoms with Crippen molar-refractivity contribution in [3.8, 4) is 0 Å². The highest BCUT2D eigenvalue weighted by molar-refractivity contribution is 7.98. The van der Waals surface area contributed by atoms with E-state index in [0.717, 1.165) is 30.7 Å². The highest BCUT2D eigenvalue weighted by Gasteiger charge is 2.38. The number of carbonyl (C=O) groups excluding carboxylic acids is 1. The predicted molar refractivity (Wildman–Crippen MR) is 86.1 cm³/mol. The van der Waals surface area contributed by atoms with Crippen LogP contribution in [-0.4, -0.2) is 35.4 Å². The monoisotopic (exact) mass is 312 g/mol. The van der Waals surface area contributed by atoms with Crippen molar-refractivity contribution >= 4 is 29.3 Å². The molecule has 0 radical (unpaired) electrons. The molecular weight excluding hydrogens is 292 g/mol. The van der Waals surface area contributed by atoms with Gasteiger partial charge in [0.2, 0.25) is 5.91 Å². The molecular formula is C15H21ClN2OS. The molecule has 1 aliphatic rings. The van der Waals surface area contributed by atoms with E-state index < -0.39 is 0 Å². The molecule has 0 spiro atoms. The van der Waals surface area contributed by atoms with Crippen LogP contribution in [-0.2, 0) is 4.79 Å². The molecule has 0 aromatic heterocycles. The number of nitrogens with zero attached hydrogens (tertiary/aromatic N) is 1. The summed E-state index contributed by atoms with van der Waals surface area (Å²) in [6.07, 6.45) is 3.87. The van der Waals surface area contributed by atoms with Crippen LogP contribution in [0.1, 0.15) is 31.5 Å². The van der Waals surface area contributed by atoms with Gasteiger partial charge in [0.05, 0.1) is 6.04 Å². The Balaban J connectivity index is 2.17. The third-order valence-corrected chi connectivity index (χ3v) is 4.50. The smallest absolute Gasteiger partial charge is 0.241 e. The maximum absolute atomic E-state index is 12.4. The minimum Gasteiger partial charge on any atom is -0.322 e. The van der Waals surface area contributed by atoms with E-state index in [1.165, 1.54) is 0 Å². The number of rotatable bonds is 6. The first-order chi connectivity index (χ1) is 9.67. The van der Waals surface area contributed by atoms with Crippen LogP contribution < -0.4 is 5.32 Å². The molecule has 2 atom stereocenters. The van der Waals surface area contributed by atoms with E-state index in [2.05, 4.69) is 11.6 Å². The number of hydrogen-bond donors (Lipinski definition) is 1. The van der Waals surface area contributed by atoms with Crippen LogP contribution >= 0.6 is 23.4 Å². The Morgan fingerprint density at radius 1 is 1.45 bits per heavy atom. The second-order valence-electron chi connectivity index (χ2n) is 4.96. The van der Waals surface area contributed by atoms with Gasteiger partial charge in [0.15, 0.2) is 0 Å². The zero-order valence-electron chi connectivity index (χ0n) is 11.9. The van der Waals surface area contributed by atoms with E-state index in [9.17, 15) is 4.79 Å². The van der Waals surface area contributed by atoms with Crippen molar-refractivity contribution in [1.29, 1.82) is 0 Å². The summed E-state index contributed by atoms with van der Waals surface area (Å²) >= 11 is 7.88. The zero-order valence-corrected chi connectivity index (χ0v) is 13.5. The Kier molecular flexibility index (Phi) is 5.75. The molecule has 1 aromatic carbocycles. The molecule has 110 valence electrons. The van der Waals surface area contributed by atoms with E-state index in [1.807, 2.05) is 47.9 Å². The molecule has 3 nitrogen and oxygen atoms in total. The van der Waals surface area contributed by atoms with Gasteiger partial charge in [-0.25, -0.2) is 0 Å². The highest BCUT2D eigenvalue weighted by atomic mass is 35.5. The van der Waals surface area contributed by atoms with Gasteiger partial charge in [-0.3, -0.25) is 10.1 Å². The number of carbonyl (C=O) groups is 1. The molecule has 2 rings (SSSR count). The average molecular weight is 313 g/mol. The highest BCUT2D eigenvalue weighted by Crippen LogP contribution is 2.28. The largest absolute Gasteiger partial charge is 0.322 e. The van der Waals surface area contributed by atoms with Gasteiger partial charge in [-0.05, 0) is 42.5 Å². The van der Waals surface area contributed by atoms with Crippen molar-refractivity contribution in [2.45, 2.75) is 32.0 Å². The van der Waals surface area contributed by atoms with Crippen molar-refractivity contribution in [3.05, 3.63) is 34.9 Å². The molecule has 1 aromatic rings. The molecule has 2 unspecified atom stereocenters. The second kappa shape index (κ2) is 7.34. The summed E-state index contributed by atoms with van der Waals surface area (Å²) in [5, 5.41) is 4.13. The van der Waals surface area contributed by atoms with Crippen molar-refractivity contribution < 1.29 is 4.79 Å². The molecule has 5 heteroatoms. The minimum absolute atomic E-state index is 0.0481. The van der Waals surface area contributed by atoms with Crippen LogP contribution in [0.5, 0.6) is 0 Å². The van der Waals surface area contributed by atoms with E-state index in [1.54, 1.807) is 0 Å². The van der Waals surface area contributed by atoms with Gasteiger partial charge in [-0.15, -0.1) is 0 Å². The second-order valence-corrected chi connectivity index (χ2v) is 6.39. The lowest BCUT2D eigenvalue weighted by molar-refractivity contribution is -0.130. The van der Waals surface area contributed by atoms with Crippen LogP contribution in [0, 0.1) is 0 Å². The quantitative estimate of drug-likeness (QED) is 0.818. The Hall–Kier alpha value is -0.710. The fourth-order valence-electron chi connectivity index (χ4n) is 2.54. The summed E-state index contributed by atoms with van der Waals surface area (Å²) in [7, 11) is 0. The first kappa shape index (κ1) is 15.7. The van der Waals surface area contributed by atoms with Gasteiger partial charge >= 0.3 is 0 Å². The van der Waals surface area contributed by atoms with Crippen LogP contribution in [0.3, 0.4) is 0 Å². The molecule has 1 aliphatic heterocycles. The van der Waals surface area contributed by atoms with E-state index in [0.29, 0.717) is 5.02 Å². The van der Waals surface area contributed by atoms with Crippen LogP contribution in [0.25, 0.3) is 0 Å². The number of benzene rings is 1. The maximum Gasteiger partial charge on any atom is 0.241 e. The summed E-state index contributed by atoms with van der Waals surface area (Å²) in [4.78, 5) is 14.4. The van der Waals surface area contributed by atoms with Crippen molar-refractivity contribution in [2.75, 3.05) is 18.6 Å². The predicted octanol–water partition coefficient (Wildman–Crippen LogP) is 3.30. The van der Waals surface area contributed by atoms with Gasteiger partial charge in [-0.1, -0.05) is 30.7 Å². The molecule has 0 aliphatic carbocycles. The lowest BCUT2D eigenvalue weighted by Gasteiger charge is -2.24. The minimum atomic E-state index is -0.0757. The molecule has 1 fully saturated rings. The van der Waals surface area contributed by atoms with Gasteiger partial charge in [-0.2, -0.15) is 11.8 Å². The molecule has 1 amide bonds. The van der Waals surface area contributed by atoms with Gasteiger partial charge in [0, 0.05) is 11.6 Å². The number of halogens is 1. The topological polar surface area (TPSA) is 32.3 Å². The number of nitrogens with one attached hydrogen (secondary N) is 1. The number of thioether (sulfide) groups is 1. The normalized spacial score (nSPS) is 22.6. The average Bonchev–Trinajstić information content (AvgIpc) is 2.76. The molecule has 20 heavy (non-hydrogen) atoms. The van der Waals surface area contributed by atoms with Crippen LogP contribution in [0.15, 0.2) is 24.3 Å². The van der Waals surface area contributed by atoms with Gasteiger partial charge in [0.25, 0.3) is 0 Å². The third kappa shape index (κ3) is 3.48. The maximum atomic E-state index is 12.4. The summed E-state index contributed by atoms with van der Waals surface area (Å²) in [6.45, 7) is 2.83. The van der Waals surface area contributed by atoms with Crippen LogP contribution in [0.2, 0.25) is 5.02 Å². The summed E-state index contributed by atoms with van der Waals surface area (Å²) in [6, 6.07) is 7.68. The SMILES string of the molecule is CCC1NC(c2cccc(Cl)c2)N(CCCSC)C1=O. The first-order valence-electron chi connectivity index (χ1n) is 6.98. The fraction of sp³-hybridized carbons (Fsp3) is 0.533. The van der Waals surface area contributed by atoms with Gasteiger partial charge < -0.3 is 4.90 Å². The van der Waals surface area contributed by atoms with Crippen molar-refractivity contribution in [1.82, 2.24) is 10.2 Å². The molecule has 0 bridgehead atoms. The lowest BCUT2D eigenvalue weighted by atomic mass is 10.1. The first-order valence-corrected chi connectivity index (χ1v) is 8.75. The van der Waals surface area contributed by atoms with Crippen LogP contribution in [0.4, 0.5) is 0 Å². The number of hydrogen-bond acceptors (Lipinski definition) is 3. The molecule has 1 heterocycles. The summed E-state index contributed by atoms with van der Waals surface area (Å²) < 4.78 is 0. The van der Waals surface area contributed by atoms with E-state index in [4.69, 9.17) is 11.6 Å². The Labute approximate surface area is 130 Å². The zero-order chi connectivity index (χ0) is 14.5. The van der Waals surface area contributed by atoms with Crippen molar-refractivity contribution in [2.24, 2.45) is 0 Å². The van der Waals surface area contributed by atoms with Gasteiger partial charge in [0.1, 0.15) is 6.17 Å². The fourth-order valence-corrected chi connectivity index (χ4v) is 3.16. The molecule has 1 saturated heterocycles. The molecule has 0 saturated carbocycles. The molecule has 1 N–H and O–H groups in total. The summed E-state index contributed by atoms with van der Waals surface area (Å²) in [5.41, 5.74) is 1.06. The Bertz CT molecular complexity index is 469. The van der Waals surface area contributed by atoms with E-state index >= 15 is 0 Å². The third-order valence-electron chi connectivity index (χ3n) is 3.57. The summed E-state index contributed by atoms with van der Waals surface area (Å²) in [5.74, 6) is 1.28. The lowest BCUT2D eigenvalue weighted by Crippen LogP contribution is -2.32.